The lowest BCUT2D eigenvalue weighted by Crippen LogP contribution is -2.32. The first-order valence-corrected chi connectivity index (χ1v) is 9.79. The zero-order valence-corrected chi connectivity index (χ0v) is 16.6. The van der Waals surface area contributed by atoms with Gasteiger partial charge in [0.15, 0.2) is 0 Å². The molecule has 5 heteroatoms. The highest BCUT2D eigenvalue weighted by molar-refractivity contribution is 5.99. The number of hydrogen-bond acceptors (Lipinski definition) is 3. The van der Waals surface area contributed by atoms with Crippen molar-refractivity contribution in [2.75, 3.05) is 20.8 Å². The molecule has 5 nitrogen and oxygen atoms in total. The number of benzene rings is 2. The molecule has 4 rings (SSSR count). The van der Waals surface area contributed by atoms with Crippen molar-refractivity contribution in [3.63, 3.8) is 0 Å². The van der Waals surface area contributed by atoms with Crippen molar-refractivity contribution >= 4 is 16.8 Å². The van der Waals surface area contributed by atoms with Crippen molar-refractivity contribution in [1.29, 1.82) is 0 Å². The predicted molar refractivity (Wildman–Crippen MR) is 110 cm³/mol. The third-order valence-corrected chi connectivity index (χ3v) is 5.66. The molecule has 0 radical (unpaired) electrons. The molecule has 0 saturated carbocycles. The van der Waals surface area contributed by atoms with Crippen LogP contribution >= 0.6 is 0 Å². The van der Waals surface area contributed by atoms with E-state index in [4.69, 9.17) is 9.47 Å². The molecular weight excluding hydrogens is 352 g/mol. The van der Waals surface area contributed by atoms with E-state index >= 15 is 0 Å². The van der Waals surface area contributed by atoms with Gasteiger partial charge >= 0.3 is 0 Å². The second-order valence-electron chi connectivity index (χ2n) is 7.10. The molecule has 1 atom stereocenters. The molecule has 28 heavy (non-hydrogen) atoms. The molecule has 1 aliphatic heterocycles. The number of rotatable bonds is 5. The summed E-state index contributed by atoms with van der Waals surface area (Å²) in [5.41, 5.74) is 2.85. The van der Waals surface area contributed by atoms with Crippen LogP contribution in [0.15, 0.2) is 48.5 Å². The smallest absolute Gasteiger partial charge is 0.271 e. The van der Waals surface area contributed by atoms with Gasteiger partial charge in [-0.25, -0.2) is 0 Å². The van der Waals surface area contributed by atoms with Crippen LogP contribution in [0.5, 0.6) is 11.5 Å². The summed E-state index contributed by atoms with van der Waals surface area (Å²) in [5, 5.41) is 1.10. The molecular formula is C23H26N2O3. The van der Waals surface area contributed by atoms with E-state index in [0.717, 1.165) is 59.6 Å². The van der Waals surface area contributed by atoms with E-state index in [-0.39, 0.29) is 11.9 Å². The summed E-state index contributed by atoms with van der Waals surface area (Å²) in [5.74, 6) is 1.64. The molecule has 0 N–H and O–H groups in total. The van der Waals surface area contributed by atoms with Gasteiger partial charge in [-0.1, -0.05) is 18.2 Å². The van der Waals surface area contributed by atoms with Crippen LogP contribution in [0.4, 0.5) is 0 Å². The normalized spacial score (nSPS) is 16.5. The van der Waals surface area contributed by atoms with E-state index in [0.29, 0.717) is 0 Å². The van der Waals surface area contributed by atoms with Gasteiger partial charge in [0.25, 0.3) is 5.91 Å². The van der Waals surface area contributed by atoms with Crippen LogP contribution in [-0.2, 0) is 6.54 Å². The summed E-state index contributed by atoms with van der Waals surface area (Å²) in [6, 6.07) is 16.0. The van der Waals surface area contributed by atoms with Crippen LogP contribution < -0.4 is 9.47 Å². The highest BCUT2D eigenvalue weighted by atomic mass is 16.5. The number of likely N-dealkylation sites (tertiary alicyclic amines) is 1. The van der Waals surface area contributed by atoms with E-state index in [1.165, 1.54) is 0 Å². The number of aromatic nitrogens is 1. The second kappa shape index (κ2) is 7.58. The predicted octanol–water partition coefficient (Wildman–Crippen LogP) is 4.66. The largest absolute Gasteiger partial charge is 0.497 e. The fourth-order valence-corrected chi connectivity index (χ4v) is 4.31. The van der Waals surface area contributed by atoms with Crippen LogP contribution in [0.25, 0.3) is 10.9 Å². The summed E-state index contributed by atoms with van der Waals surface area (Å²) in [4.78, 5) is 15.6. The fraction of sp³-hybridized carbons (Fsp3) is 0.348. The van der Waals surface area contributed by atoms with Gasteiger partial charge in [0.1, 0.15) is 17.2 Å². The van der Waals surface area contributed by atoms with Crippen molar-refractivity contribution in [2.45, 2.75) is 32.4 Å². The maximum absolute atomic E-state index is 13.6. The summed E-state index contributed by atoms with van der Waals surface area (Å²) >= 11 is 0. The van der Waals surface area contributed by atoms with E-state index in [2.05, 4.69) is 23.6 Å². The summed E-state index contributed by atoms with van der Waals surface area (Å²) in [6.07, 6.45) is 1.89. The van der Waals surface area contributed by atoms with Crippen molar-refractivity contribution in [3.05, 3.63) is 59.8 Å². The first kappa shape index (κ1) is 18.4. The summed E-state index contributed by atoms with van der Waals surface area (Å²) in [7, 11) is 3.32. The third kappa shape index (κ3) is 3.01. The Labute approximate surface area is 165 Å². The Morgan fingerprint density at radius 2 is 1.93 bits per heavy atom. The molecule has 1 saturated heterocycles. The third-order valence-electron chi connectivity index (χ3n) is 5.66. The molecule has 2 heterocycles. The van der Waals surface area contributed by atoms with Crippen LogP contribution in [0.2, 0.25) is 0 Å². The summed E-state index contributed by atoms with van der Waals surface area (Å²) < 4.78 is 13.1. The minimum atomic E-state index is -0.0131. The van der Waals surface area contributed by atoms with Gasteiger partial charge < -0.3 is 18.9 Å². The van der Waals surface area contributed by atoms with Crippen molar-refractivity contribution in [2.24, 2.45) is 0 Å². The maximum Gasteiger partial charge on any atom is 0.271 e. The van der Waals surface area contributed by atoms with Crippen LogP contribution in [-0.4, -0.2) is 36.1 Å². The SMILES string of the molecule is CCn1c(C(=O)N2CCCC2c2cc(OC)ccc2OC)cc2ccccc21. The number of para-hydroxylation sites is 1. The van der Waals surface area contributed by atoms with Crippen molar-refractivity contribution < 1.29 is 14.3 Å². The van der Waals surface area contributed by atoms with Crippen LogP contribution in [0, 0.1) is 0 Å². The van der Waals surface area contributed by atoms with E-state index < -0.39 is 0 Å². The number of methoxy groups -OCH3 is 2. The molecule has 1 fully saturated rings. The fourth-order valence-electron chi connectivity index (χ4n) is 4.31. The molecule has 1 unspecified atom stereocenters. The number of hydrogen-bond donors (Lipinski definition) is 0. The molecule has 0 bridgehead atoms. The van der Waals surface area contributed by atoms with Crippen molar-refractivity contribution in [3.8, 4) is 11.5 Å². The number of carbonyl (C=O) groups excluding carboxylic acids is 1. The molecule has 2 aromatic carbocycles. The van der Waals surface area contributed by atoms with Crippen LogP contribution in [0.3, 0.4) is 0 Å². The van der Waals surface area contributed by atoms with Gasteiger partial charge in [-0.3, -0.25) is 4.79 Å². The quantitative estimate of drug-likeness (QED) is 0.649. The van der Waals surface area contributed by atoms with Gasteiger partial charge in [0.05, 0.1) is 20.3 Å². The number of nitrogens with zero attached hydrogens (tertiary/aromatic N) is 2. The van der Waals surface area contributed by atoms with E-state index in [1.807, 2.05) is 41.3 Å². The Bertz CT molecular complexity index is 1010. The minimum Gasteiger partial charge on any atom is -0.497 e. The van der Waals surface area contributed by atoms with Gasteiger partial charge in [0.2, 0.25) is 0 Å². The van der Waals surface area contributed by atoms with Crippen molar-refractivity contribution in [1.82, 2.24) is 9.47 Å². The Hall–Kier alpha value is -2.95. The monoisotopic (exact) mass is 378 g/mol. The Kier molecular flexibility index (Phi) is 4.99. The molecule has 3 aromatic rings. The van der Waals surface area contributed by atoms with E-state index in [1.54, 1.807) is 14.2 Å². The number of carbonyl (C=O) groups is 1. The zero-order chi connectivity index (χ0) is 19.7. The average Bonchev–Trinajstić information content (AvgIpc) is 3.37. The molecule has 1 aliphatic rings. The maximum atomic E-state index is 13.6. The zero-order valence-electron chi connectivity index (χ0n) is 16.6. The van der Waals surface area contributed by atoms with Gasteiger partial charge in [-0.2, -0.15) is 0 Å². The Morgan fingerprint density at radius 1 is 1.11 bits per heavy atom. The Morgan fingerprint density at radius 3 is 2.68 bits per heavy atom. The second-order valence-corrected chi connectivity index (χ2v) is 7.10. The molecule has 0 spiro atoms. The molecule has 146 valence electrons. The average molecular weight is 378 g/mol. The number of amides is 1. The lowest BCUT2D eigenvalue weighted by Gasteiger charge is -2.27. The summed E-state index contributed by atoms with van der Waals surface area (Å²) in [6.45, 7) is 3.58. The number of ether oxygens (including phenoxy) is 2. The highest BCUT2D eigenvalue weighted by Gasteiger charge is 2.34. The molecule has 1 amide bonds. The van der Waals surface area contributed by atoms with Crippen LogP contribution in [0.1, 0.15) is 41.9 Å². The van der Waals surface area contributed by atoms with Gasteiger partial charge in [-0.05, 0) is 50.1 Å². The lowest BCUT2D eigenvalue weighted by molar-refractivity contribution is 0.0723. The van der Waals surface area contributed by atoms with Gasteiger partial charge in [0, 0.05) is 29.6 Å². The topological polar surface area (TPSA) is 43.7 Å². The number of aryl methyl sites for hydroxylation is 1. The standard InChI is InChI=1S/C23H26N2O3/c1-4-24-19-9-6-5-8-16(19)14-21(24)23(26)25-13-7-10-20(25)18-15-17(27-2)11-12-22(18)28-3/h5-6,8-9,11-12,14-15,20H,4,7,10,13H2,1-3H3. The first-order valence-electron chi connectivity index (χ1n) is 9.79. The lowest BCUT2D eigenvalue weighted by atomic mass is 10.0. The van der Waals surface area contributed by atoms with Gasteiger partial charge in [-0.15, -0.1) is 0 Å². The highest BCUT2D eigenvalue weighted by Crippen LogP contribution is 2.40. The minimum absolute atomic E-state index is 0.0131. The number of fused-ring (bicyclic) bond motifs is 1. The van der Waals surface area contributed by atoms with E-state index in [9.17, 15) is 4.79 Å². The Balaban J connectivity index is 1.74. The first-order chi connectivity index (χ1) is 13.7. The molecule has 1 aromatic heterocycles. The molecule has 0 aliphatic carbocycles.